The van der Waals surface area contributed by atoms with Crippen molar-refractivity contribution in [1.82, 2.24) is 0 Å². The number of rotatable bonds is 11. The Hall–Kier alpha value is -6.78. The monoisotopic (exact) mass is 791 g/mol. The third kappa shape index (κ3) is 7.42. The Morgan fingerprint density at radius 2 is 0.836 bits per heavy atom. The Bertz CT molecular complexity index is 2620. The zero-order valence-corrected chi connectivity index (χ0v) is 36.2. The molecule has 9 rings (SSSR count). The summed E-state index contributed by atoms with van der Waals surface area (Å²) in [7, 11) is 0. The van der Waals surface area contributed by atoms with Crippen LogP contribution in [0.3, 0.4) is 0 Å². The van der Waals surface area contributed by atoms with Gasteiger partial charge in [-0.1, -0.05) is 174 Å². The van der Waals surface area contributed by atoms with E-state index in [9.17, 15) is 0 Å². The molecule has 0 N–H and O–H groups in total. The second-order valence-electron chi connectivity index (χ2n) is 17.1. The van der Waals surface area contributed by atoms with Gasteiger partial charge in [-0.15, -0.1) is 0 Å². The minimum absolute atomic E-state index is 0.0368. The van der Waals surface area contributed by atoms with Crippen molar-refractivity contribution >= 4 is 74.3 Å². The highest BCUT2D eigenvalue weighted by Gasteiger charge is 2.42. The molecule has 0 unspecified atom stereocenters. The van der Waals surface area contributed by atoms with Crippen LogP contribution in [0.4, 0.5) is 51.2 Å². The first-order valence-electron chi connectivity index (χ1n) is 21.9. The number of fused-ring (bicyclic) bond motifs is 2. The van der Waals surface area contributed by atoms with Gasteiger partial charge >= 0.3 is 0 Å². The van der Waals surface area contributed by atoms with Crippen LogP contribution in [0, 0.1) is 0 Å². The molecule has 300 valence electrons. The summed E-state index contributed by atoms with van der Waals surface area (Å²) in [6.45, 7) is 14.1. The summed E-state index contributed by atoms with van der Waals surface area (Å²) in [4.78, 5) is 7.46. The standard InChI is InChI=1S/C57H54BN3/c1-40(2)43-38-49(41(3)4)55(50(39-43)42(5)6)58-51-34-22-23-35-53(51)61(48-32-20-11-21-33-48)56-52(58)36-37-54(59(44-24-12-7-13-25-44)45-26-14-8-15-27-45)57(56)60(46-28-16-9-17-29-46)47-30-18-10-19-31-47/h7-42H,1-6H3. The number of nitrogens with zero attached hydrogens (tertiary/aromatic N) is 3. The maximum absolute atomic E-state index is 2.54. The molecule has 8 aromatic carbocycles. The smallest absolute Gasteiger partial charge is 0.247 e. The number of hydrogen-bond acceptors (Lipinski definition) is 3. The molecule has 0 bridgehead atoms. The van der Waals surface area contributed by atoms with Crippen molar-refractivity contribution in [2.45, 2.75) is 59.3 Å². The average molecular weight is 792 g/mol. The quantitative estimate of drug-likeness (QED) is 0.121. The molecule has 0 saturated carbocycles. The summed E-state index contributed by atoms with van der Waals surface area (Å²) in [5.41, 5.74) is 18.3. The van der Waals surface area contributed by atoms with E-state index in [4.69, 9.17) is 0 Å². The van der Waals surface area contributed by atoms with Crippen LogP contribution in [0.15, 0.2) is 200 Å². The molecule has 1 heterocycles. The number of benzene rings is 8. The van der Waals surface area contributed by atoms with E-state index in [1.807, 2.05) is 0 Å². The lowest BCUT2D eigenvalue weighted by atomic mass is 9.33. The molecule has 0 aromatic heterocycles. The second-order valence-corrected chi connectivity index (χ2v) is 17.1. The van der Waals surface area contributed by atoms with Crippen molar-refractivity contribution in [3.8, 4) is 0 Å². The minimum Gasteiger partial charge on any atom is -0.309 e. The molecule has 0 aliphatic carbocycles. The van der Waals surface area contributed by atoms with Gasteiger partial charge in [0.2, 0.25) is 6.71 Å². The number of para-hydroxylation sites is 6. The molecule has 0 saturated heterocycles. The van der Waals surface area contributed by atoms with Crippen LogP contribution in [0.2, 0.25) is 0 Å². The van der Waals surface area contributed by atoms with Gasteiger partial charge in [0.25, 0.3) is 0 Å². The van der Waals surface area contributed by atoms with Crippen LogP contribution in [0.25, 0.3) is 0 Å². The highest BCUT2D eigenvalue weighted by Crippen LogP contribution is 2.53. The largest absolute Gasteiger partial charge is 0.309 e. The predicted molar refractivity (Wildman–Crippen MR) is 264 cm³/mol. The lowest BCUT2D eigenvalue weighted by Crippen LogP contribution is -2.59. The molecule has 0 fully saturated rings. The maximum Gasteiger partial charge on any atom is 0.247 e. The highest BCUT2D eigenvalue weighted by atomic mass is 15.3. The highest BCUT2D eigenvalue weighted by molar-refractivity contribution is 6.98. The summed E-state index contributed by atoms with van der Waals surface area (Å²) >= 11 is 0. The summed E-state index contributed by atoms with van der Waals surface area (Å²) < 4.78 is 0. The van der Waals surface area contributed by atoms with Gasteiger partial charge in [-0.25, -0.2) is 0 Å². The van der Waals surface area contributed by atoms with Gasteiger partial charge in [0.05, 0.1) is 17.1 Å². The molecular weight excluding hydrogens is 737 g/mol. The molecular formula is C57H54BN3. The molecule has 0 amide bonds. The summed E-state index contributed by atoms with van der Waals surface area (Å²) in [6, 6.07) is 73.4. The van der Waals surface area contributed by atoms with Crippen molar-refractivity contribution in [3.63, 3.8) is 0 Å². The van der Waals surface area contributed by atoms with Crippen molar-refractivity contribution in [2.24, 2.45) is 0 Å². The van der Waals surface area contributed by atoms with Gasteiger partial charge in [-0.2, -0.15) is 0 Å². The molecule has 8 aromatic rings. The zero-order valence-electron chi connectivity index (χ0n) is 36.2. The fraction of sp³-hybridized carbons (Fsp3) is 0.158. The van der Waals surface area contributed by atoms with E-state index in [-0.39, 0.29) is 6.71 Å². The van der Waals surface area contributed by atoms with E-state index in [1.54, 1.807) is 0 Å². The first-order chi connectivity index (χ1) is 29.8. The van der Waals surface area contributed by atoms with E-state index < -0.39 is 0 Å². The lowest BCUT2D eigenvalue weighted by Gasteiger charge is -2.43. The van der Waals surface area contributed by atoms with Crippen LogP contribution >= 0.6 is 0 Å². The minimum atomic E-state index is -0.0368. The predicted octanol–water partition coefficient (Wildman–Crippen LogP) is 14.3. The van der Waals surface area contributed by atoms with Crippen LogP contribution in [-0.4, -0.2) is 6.71 Å². The Kier molecular flexibility index (Phi) is 11.1. The Balaban J connectivity index is 1.50. The Morgan fingerprint density at radius 1 is 0.410 bits per heavy atom. The molecule has 0 spiro atoms. The van der Waals surface area contributed by atoms with E-state index >= 15 is 0 Å². The molecule has 3 nitrogen and oxygen atoms in total. The van der Waals surface area contributed by atoms with Crippen molar-refractivity contribution in [1.29, 1.82) is 0 Å². The average Bonchev–Trinajstić information content (AvgIpc) is 3.30. The molecule has 1 aliphatic heterocycles. The van der Waals surface area contributed by atoms with Crippen LogP contribution in [-0.2, 0) is 0 Å². The molecule has 61 heavy (non-hydrogen) atoms. The van der Waals surface area contributed by atoms with E-state index in [0.29, 0.717) is 17.8 Å². The molecule has 0 atom stereocenters. The van der Waals surface area contributed by atoms with Crippen LogP contribution in [0.1, 0.15) is 76.0 Å². The van der Waals surface area contributed by atoms with E-state index in [0.717, 1.165) is 45.5 Å². The van der Waals surface area contributed by atoms with Gasteiger partial charge in [0.1, 0.15) is 0 Å². The summed E-state index contributed by atoms with van der Waals surface area (Å²) in [5.74, 6) is 1.07. The summed E-state index contributed by atoms with van der Waals surface area (Å²) in [6.07, 6.45) is 0. The maximum atomic E-state index is 2.54. The molecule has 1 aliphatic rings. The second kappa shape index (κ2) is 17.1. The van der Waals surface area contributed by atoms with Crippen LogP contribution < -0.4 is 31.1 Å². The van der Waals surface area contributed by atoms with Crippen molar-refractivity contribution in [2.75, 3.05) is 14.7 Å². The van der Waals surface area contributed by atoms with Gasteiger partial charge in [0, 0.05) is 34.1 Å². The number of anilines is 9. The fourth-order valence-electron chi connectivity index (χ4n) is 9.32. The first-order valence-corrected chi connectivity index (χ1v) is 21.9. The Morgan fingerprint density at radius 3 is 1.30 bits per heavy atom. The molecule has 4 heteroatoms. The topological polar surface area (TPSA) is 9.72 Å². The summed E-state index contributed by atoms with van der Waals surface area (Å²) in [5, 5.41) is 0. The van der Waals surface area contributed by atoms with E-state index in [2.05, 4.69) is 256 Å². The zero-order chi connectivity index (χ0) is 42.0. The van der Waals surface area contributed by atoms with Gasteiger partial charge < -0.3 is 14.7 Å². The fourth-order valence-corrected chi connectivity index (χ4v) is 9.32. The van der Waals surface area contributed by atoms with Gasteiger partial charge in [-0.05, 0) is 118 Å². The number of hydrogen-bond donors (Lipinski definition) is 0. The normalized spacial score (nSPS) is 12.1. The van der Waals surface area contributed by atoms with Crippen molar-refractivity contribution in [3.05, 3.63) is 217 Å². The third-order valence-corrected chi connectivity index (χ3v) is 12.2. The van der Waals surface area contributed by atoms with Crippen LogP contribution in [0.5, 0.6) is 0 Å². The van der Waals surface area contributed by atoms with Crippen molar-refractivity contribution < 1.29 is 0 Å². The SMILES string of the molecule is CC(C)c1cc(C(C)C)c(B2c3ccccc3N(c3ccccc3)c3c2ccc(N(c2ccccc2)c2ccccc2)c3N(c2ccccc2)c2ccccc2)c(C(C)C)c1. The van der Waals surface area contributed by atoms with Gasteiger partial charge in [0.15, 0.2) is 0 Å². The first kappa shape index (κ1) is 39.7. The lowest BCUT2D eigenvalue weighted by molar-refractivity contribution is 0.812. The Labute approximate surface area is 363 Å². The third-order valence-electron chi connectivity index (χ3n) is 12.2. The molecule has 0 radical (unpaired) electrons. The van der Waals surface area contributed by atoms with Gasteiger partial charge in [-0.3, -0.25) is 0 Å². The van der Waals surface area contributed by atoms with E-state index in [1.165, 1.54) is 38.8 Å².